The average Bonchev–Trinajstić information content (AvgIpc) is 3.13. The molecule has 0 amide bonds. The number of esters is 1. The minimum Gasteiger partial charge on any atom is -0.458 e. The van der Waals surface area contributed by atoms with Crippen LogP contribution in [-0.2, 0) is 9.53 Å². The number of carbonyl (C=O) groups excluding carboxylic acids is 1. The summed E-state index contributed by atoms with van der Waals surface area (Å²) >= 11 is 0. The Morgan fingerprint density at radius 2 is 1.94 bits per heavy atom. The molecule has 0 aromatic heterocycles. The molecule has 2 N–H and O–H groups in total. The Morgan fingerprint density at radius 3 is 2.59 bits per heavy atom. The van der Waals surface area contributed by atoms with Gasteiger partial charge in [0, 0.05) is 18.3 Å². The maximum Gasteiger partial charge on any atom is 0.303 e. The van der Waals surface area contributed by atoms with Crippen LogP contribution in [0.15, 0.2) is 36.0 Å². The SMILES string of the molecule is C=C(C=CC(C)C1CCC2C3C(OC(C)=O)C=C4CC(O)CCC4(CO)C3CCC12C)C(C)C. The van der Waals surface area contributed by atoms with Crippen molar-refractivity contribution in [3.63, 3.8) is 0 Å². The van der Waals surface area contributed by atoms with Crippen LogP contribution in [0.5, 0.6) is 0 Å². The summed E-state index contributed by atoms with van der Waals surface area (Å²) in [5.74, 6) is 2.30. The van der Waals surface area contributed by atoms with Gasteiger partial charge in [-0.15, -0.1) is 0 Å². The Labute approximate surface area is 206 Å². The second-order valence-corrected chi connectivity index (χ2v) is 12.4. The monoisotopic (exact) mass is 470 g/mol. The normalized spacial score (nSPS) is 42.5. The second-order valence-electron chi connectivity index (χ2n) is 12.4. The highest BCUT2D eigenvalue weighted by molar-refractivity contribution is 5.66. The van der Waals surface area contributed by atoms with E-state index in [2.05, 4.69) is 52.5 Å². The van der Waals surface area contributed by atoms with Crippen molar-refractivity contribution in [2.45, 2.75) is 91.8 Å². The minimum atomic E-state index is -0.363. The van der Waals surface area contributed by atoms with Gasteiger partial charge in [-0.3, -0.25) is 4.79 Å². The van der Waals surface area contributed by atoms with Gasteiger partial charge in [0.15, 0.2) is 0 Å². The molecule has 3 saturated carbocycles. The van der Waals surface area contributed by atoms with Crippen LogP contribution in [0.3, 0.4) is 0 Å². The molecule has 0 aliphatic heterocycles. The molecule has 4 heteroatoms. The molecule has 0 aromatic rings. The standard InChI is InChI=1S/C30H46O4/c1-18(2)19(3)7-8-20(4)24-9-10-25-28-26(12-13-29(24,25)6)30(17-31)14-11-23(33)15-22(30)16-27(28)34-21(5)32/h7-8,16,18,20,23-28,31,33H,3,9-15,17H2,1-2,4-6H3. The number of rotatable bonds is 6. The van der Waals surface area contributed by atoms with Gasteiger partial charge < -0.3 is 14.9 Å². The van der Waals surface area contributed by atoms with Crippen LogP contribution < -0.4 is 0 Å². The lowest BCUT2D eigenvalue weighted by Crippen LogP contribution is -2.57. The molecule has 0 heterocycles. The first-order valence-electron chi connectivity index (χ1n) is 13.6. The summed E-state index contributed by atoms with van der Waals surface area (Å²) in [5.41, 5.74) is 2.24. The number of allylic oxidation sites excluding steroid dienone is 3. The lowest BCUT2D eigenvalue weighted by molar-refractivity contribution is -0.161. The first-order chi connectivity index (χ1) is 16.0. The van der Waals surface area contributed by atoms with Crippen LogP contribution in [0.2, 0.25) is 0 Å². The molecule has 4 rings (SSSR count). The molecular weight excluding hydrogens is 424 g/mol. The molecular formula is C30H46O4. The van der Waals surface area contributed by atoms with E-state index in [0.29, 0.717) is 36.0 Å². The van der Waals surface area contributed by atoms with E-state index < -0.39 is 0 Å². The van der Waals surface area contributed by atoms with Crippen molar-refractivity contribution in [2.75, 3.05) is 6.61 Å². The van der Waals surface area contributed by atoms with Gasteiger partial charge >= 0.3 is 5.97 Å². The predicted octanol–water partition coefficient (Wildman–Crippen LogP) is 5.84. The van der Waals surface area contributed by atoms with E-state index in [9.17, 15) is 15.0 Å². The summed E-state index contributed by atoms with van der Waals surface area (Å²) < 4.78 is 5.98. The molecule has 0 radical (unpaired) electrons. The minimum absolute atomic E-state index is 0.128. The van der Waals surface area contributed by atoms with E-state index in [0.717, 1.165) is 37.7 Å². The number of hydrogen-bond acceptors (Lipinski definition) is 4. The van der Waals surface area contributed by atoms with Gasteiger partial charge in [-0.05, 0) is 86.0 Å². The number of aliphatic hydroxyl groups is 2. The predicted molar refractivity (Wildman–Crippen MR) is 136 cm³/mol. The van der Waals surface area contributed by atoms with Crippen LogP contribution in [0.1, 0.15) is 79.6 Å². The number of fused-ring (bicyclic) bond motifs is 5. The van der Waals surface area contributed by atoms with Gasteiger partial charge in [-0.25, -0.2) is 0 Å². The van der Waals surface area contributed by atoms with Crippen molar-refractivity contribution >= 4 is 5.97 Å². The van der Waals surface area contributed by atoms with Gasteiger partial charge in [0.1, 0.15) is 6.10 Å². The van der Waals surface area contributed by atoms with Gasteiger partial charge in [-0.1, -0.05) is 57.6 Å². The smallest absolute Gasteiger partial charge is 0.303 e. The van der Waals surface area contributed by atoms with E-state index in [1.807, 2.05) is 0 Å². The molecule has 3 fully saturated rings. The second kappa shape index (κ2) is 9.58. The highest BCUT2D eigenvalue weighted by atomic mass is 16.5. The first kappa shape index (κ1) is 25.7. The van der Waals surface area contributed by atoms with E-state index >= 15 is 0 Å². The molecule has 190 valence electrons. The van der Waals surface area contributed by atoms with E-state index in [-0.39, 0.29) is 41.5 Å². The van der Waals surface area contributed by atoms with Gasteiger partial charge in [0.2, 0.25) is 0 Å². The Bertz CT molecular complexity index is 856. The fraction of sp³-hybridized carbons (Fsp3) is 0.767. The van der Waals surface area contributed by atoms with Crippen LogP contribution in [-0.4, -0.2) is 35.0 Å². The number of hydrogen-bond donors (Lipinski definition) is 2. The summed E-state index contributed by atoms with van der Waals surface area (Å²) in [4.78, 5) is 12.1. The third kappa shape index (κ3) is 4.23. The lowest BCUT2D eigenvalue weighted by atomic mass is 9.46. The zero-order valence-electron chi connectivity index (χ0n) is 21.9. The lowest BCUT2D eigenvalue weighted by Gasteiger charge is -2.60. The van der Waals surface area contributed by atoms with Gasteiger partial charge in [0.05, 0.1) is 12.7 Å². The van der Waals surface area contributed by atoms with Gasteiger partial charge in [-0.2, -0.15) is 0 Å². The molecule has 34 heavy (non-hydrogen) atoms. The topological polar surface area (TPSA) is 66.8 Å². The molecule has 0 saturated heterocycles. The van der Waals surface area contributed by atoms with Crippen LogP contribution in [0.4, 0.5) is 0 Å². The fourth-order valence-corrected chi connectivity index (χ4v) is 8.52. The first-order valence-corrected chi connectivity index (χ1v) is 13.6. The summed E-state index contributed by atoms with van der Waals surface area (Å²) in [6.07, 6.45) is 12.8. The summed E-state index contributed by atoms with van der Waals surface area (Å²) in [7, 11) is 0. The highest BCUT2D eigenvalue weighted by Crippen LogP contribution is 2.67. The molecule has 4 aliphatic rings. The van der Waals surface area contributed by atoms with Crippen LogP contribution in [0.25, 0.3) is 0 Å². The van der Waals surface area contributed by atoms with E-state index in [1.165, 1.54) is 18.9 Å². The Balaban J connectivity index is 1.67. The molecule has 4 aliphatic carbocycles. The summed E-state index contributed by atoms with van der Waals surface area (Å²) in [6, 6.07) is 0. The van der Waals surface area contributed by atoms with Crippen molar-refractivity contribution < 1.29 is 19.7 Å². The van der Waals surface area contributed by atoms with Crippen molar-refractivity contribution in [2.24, 2.45) is 46.3 Å². The third-order valence-corrected chi connectivity index (χ3v) is 10.5. The van der Waals surface area contributed by atoms with E-state index in [4.69, 9.17) is 4.74 Å². The van der Waals surface area contributed by atoms with Crippen molar-refractivity contribution in [3.8, 4) is 0 Å². The van der Waals surface area contributed by atoms with Gasteiger partial charge in [0.25, 0.3) is 0 Å². The van der Waals surface area contributed by atoms with Crippen molar-refractivity contribution in [1.29, 1.82) is 0 Å². The van der Waals surface area contributed by atoms with Crippen molar-refractivity contribution in [1.82, 2.24) is 0 Å². The quantitative estimate of drug-likeness (QED) is 0.290. The third-order valence-electron chi connectivity index (χ3n) is 10.5. The molecule has 4 nitrogen and oxygen atoms in total. The van der Waals surface area contributed by atoms with Crippen LogP contribution >= 0.6 is 0 Å². The van der Waals surface area contributed by atoms with E-state index in [1.54, 1.807) is 0 Å². The average molecular weight is 471 g/mol. The molecule has 9 unspecified atom stereocenters. The summed E-state index contributed by atoms with van der Waals surface area (Å²) in [6.45, 7) is 15.1. The maximum atomic E-state index is 12.1. The molecule has 0 spiro atoms. The molecule has 0 aromatic carbocycles. The summed E-state index contributed by atoms with van der Waals surface area (Å²) in [5, 5.41) is 21.1. The molecule has 9 atom stereocenters. The highest BCUT2D eigenvalue weighted by Gasteiger charge is 2.62. The molecule has 0 bridgehead atoms. The Morgan fingerprint density at radius 1 is 1.21 bits per heavy atom. The number of aliphatic hydroxyl groups excluding tert-OH is 2. The number of carbonyl (C=O) groups is 1. The Kier molecular flexibility index (Phi) is 7.24. The van der Waals surface area contributed by atoms with Crippen molar-refractivity contribution in [3.05, 3.63) is 36.0 Å². The fourth-order valence-electron chi connectivity index (χ4n) is 8.52. The van der Waals surface area contributed by atoms with Crippen LogP contribution in [0, 0.1) is 46.3 Å². The zero-order valence-corrected chi connectivity index (χ0v) is 21.9. The largest absolute Gasteiger partial charge is 0.458 e. The maximum absolute atomic E-state index is 12.1. The number of ether oxygens (including phenoxy) is 1. The zero-order chi connectivity index (χ0) is 24.8. The Hall–Kier alpha value is -1.39.